The van der Waals surface area contributed by atoms with Gasteiger partial charge in [-0.05, 0) is 6.08 Å². The minimum absolute atomic E-state index is 0.509. The summed E-state index contributed by atoms with van der Waals surface area (Å²) in [6.45, 7) is 1.17. The molecule has 102 valence electrons. The number of aliphatic carboxylic acids is 1. The molecule has 1 aliphatic carbocycles. The summed E-state index contributed by atoms with van der Waals surface area (Å²) >= 11 is 0. The molecule has 7 heteroatoms. The average Bonchev–Trinajstić information content (AvgIpc) is 2.18. The zero-order chi connectivity index (χ0) is 14.1. The van der Waals surface area contributed by atoms with Crippen molar-refractivity contribution in [2.45, 2.75) is 19.5 Å². The van der Waals surface area contributed by atoms with Crippen molar-refractivity contribution in [2.24, 2.45) is 17.8 Å². The van der Waals surface area contributed by atoms with Gasteiger partial charge in [0.15, 0.2) is 0 Å². The van der Waals surface area contributed by atoms with Gasteiger partial charge in [-0.15, -0.1) is 0 Å². The maximum atomic E-state index is 13.2. The minimum Gasteiger partial charge on any atom is -0.481 e. The lowest BCUT2D eigenvalue weighted by molar-refractivity contribution is -0.194. The van der Waals surface area contributed by atoms with E-state index in [4.69, 9.17) is 5.11 Å². The molecular weight excluding hydrogens is 259 g/mol. The van der Waals surface area contributed by atoms with Crippen molar-refractivity contribution < 1.29 is 31.9 Å². The van der Waals surface area contributed by atoms with Crippen molar-refractivity contribution in [1.82, 2.24) is 0 Å². The Bertz CT molecular complexity index is 397. The fourth-order valence-electron chi connectivity index (χ4n) is 1.95. The van der Waals surface area contributed by atoms with Crippen LogP contribution in [0.1, 0.15) is 13.3 Å². The van der Waals surface area contributed by atoms with E-state index in [9.17, 15) is 26.7 Å². The van der Waals surface area contributed by atoms with Gasteiger partial charge in [-0.2, -0.15) is 13.2 Å². The summed E-state index contributed by atoms with van der Waals surface area (Å²) in [6, 6.07) is 0. The summed E-state index contributed by atoms with van der Waals surface area (Å²) in [7, 11) is 0. The van der Waals surface area contributed by atoms with E-state index in [-0.39, 0.29) is 0 Å². The van der Waals surface area contributed by atoms with Gasteiger partial charge < -0.3 is 5.11 Å². The molecular formula is C11H11F5O2. The van der Waals surface area contributed by atoms with E-state index in [1.165, 1.54) is 6.92 Å². The van der Waals surface area contributed by atoms with Gasteiger partial charge in [-0.1, -0.05) is 6.92 Å². The Hall–Kier alpha value is -1.40. The van der Waals surface area contributed by atoms with Gasteiger partial charge in [-0.25, -0.2) is 8.78 Å². The lowest BCUT2D eigenvalue weighted by Crippen LogP contribution is -2.35. The lowest BCUT2D eigenvalue weighted by Gasteiger charge is -2.31. The molecule has 0 fully saturated rings. The maximum Gasteiger partial charge on any atom is 0.392 e. The highest BCUT2D eigenvalue weighted by Gasteiger charge is 2.48. The summed E-state index contributed by atoms with van der Waals surface area (Å²) in [5, 5.41) is 8.47. The number of carboxylic acids is 1. The summed E-state index contributed by atoms with van der Waals surface area (Å²) in [4.78, 5) is 10.4. The number of carboxylic acid groups (broad SMARTS) is 1. The Kier molecular flexibility index (Phi) is 4.13. The van der Waals surface area contributed by atoms with Crippen molar-refractivity contribution in [3.8, 4) is 0 Å². The third-order valence-electron chi connectivity index (χ3n) is 2.92. The zero-order valence-electron chi connectivity index (χ0n) is 9.34. The minimum atomic E-state index is -4.83. The second kappa shape index (κ2) is 5.07. The van der Waals surface area contributed by atoms with Gasteiger partial charge in [0.25, 0.3) is 0 Å². The van der Waals surface area contributed by atoms with Crippen LogP contribution in [0.25, 0.3) is 0 Å². The number of rotatable bonds is 3. The molecule has 3 atom stereocenters. The summed E-state index contributed by atoms with van der Waals surface area (Å²) in [6.07, 6.45) is -4.90. The van der Waals surface area contributed by atoms with Crippen LogP contribution in [-0.2, 0) is 4.79 Å². The van der Waals surface area contributed by atoms with Crippen molar-refractivity contribution in [3.63, 3.8) is 0 Å². The molecule has 0 heterocycles. The molecule has 0 saturated carbocycles. The highest BCUT2D eigenvalue weighted by Crippen LogP contribution is 2.43. The highest BCUT2D eigenvalue weighted by molar-refractivity contribution is 5.67. The maximum absolute atomic E-state index is 13.2. The Balaban J connectivity index is 3.07. The number of halogens is 5. The van der Waals surface area contributed by atoms with Crippen LogP contribution in [0.2, 0.25) is 0 Å². The molecule has 1 rings (SSSR count). The smallest absolute Gasteiger partial charge is 0.392 e. The third-order valence-corrected chi connectivity index (χ3v) is 2.92. The van der Waals surface area contributed by atoms with E-state index >= 15 is 0 Å². The van der Waals surface area contributed by atoms with E-state index in [1.54, 1.807) is 0 Å². The lowest BCUT2D eigenvalue weighted by atomic mass is 9.77. The number of hydrogen-bond acceptors (Lipinski definition) is 1. The van der Waals surface area contributed by atoms with Gasteiger partial charge >= 0.3 is 12.1 Å². The van der Waals surface area contributed by atoms with Crippen LogP contribution in [-0.4, -0.2) is 17.3 Å². The SMILES string of the molecule is CC1C(F)=CC(F)=CC1[C@H](CC(=O)O)C(F)(F)F. The van der Waals surface area contributed by atoms with Crippen LogP contribution in [0.5, 0.6) is 0 Å². The van der Waals surface area contributed by atoms with Gasteiger partial charge in [0.1, 0.15) is 11.7 Å². The average molecular weight is 270 g/mol. The normalized spacial score (nSPS) is 26.3. The van der Waals surface area contributed by atoms with Crippen LogP contribution in [0.15, 0.2) is 23.8 Å². The summed E-state index contributed by atoms with van der Waals surface area (Å²) < 4.78 is 64.4. The first-order chi connectivity index (χ1) is 8.12. The molecule has 2 unspecified atom stereocenters. The fraction of sp³-hybridized carbons (Fsp3) is 0.545. The molecule has 2 nitrogen and oxygen atoms in total. The molecule has 0 amide bonds. The Morgan fingerprint density at radius 3 is 2.44 bits per heavy atom. The van der Waals surface area contributed by atoms with E-state index in [2.05, 4.69) is 0 Å². The molecule has 0 aliphatic heterocycles. The molecule has 0 radical (unpaired) electrons. The molecule has 18 heavy (non-hydrogen) atoms. The molecule has 0 aromatic carbocycles. The van der Waals surface area contributed by atoms with E-state index in [0.29, 0.717) is 12.2 Å². The number of allylic oxidation sites excluding steroid dienone is 4. The van der Waals surface area contributed by atoms with Gasteiger partial charge in [0.2, 0.25) is 0 Å². The van der Waals surface area contributed by atoms with Crippen LogP contribution in [0.3, 0.4) is 0 Å². The number of hydrogen-bond donors (Lipinski definition) is 1. The molecule has 0 aromatic rings. The number of carbonyl (C=O) groups is 1. The zero-order valence-corrected chi connectivity index (χ0v) is 9.34. The van der Waals surface area contributed by atoms with Crippen molar-refractivity contribution >= 4 is 5.97 Å². The predicted octanol–water partition coefficient (Wildman–Crippen LogP) is 3.61. The van der Waals surface area contributed by atoms with E-state index in [0.717, 1.165) is 0 Å². The fourth-order valence-corrected chi connectivity index (χ4v) is 1.95. The van der Waals surface area contributed by atoms with Crippen molar-refractivity contribution in [3.05, 3.63) is 23.8 Å². The topological polar surface area (TPSA) is 37.3 Å². The third kappa shape index (κ3) is 3.30. The van der Waals surface area contributed by atoms with Gasteiger partial charge in [0.05, 0.1) is 12.3 Å². The van der Waals surface area contributed by atoms with Gasteiger partial charge in [0, 0.05) is 17.9 Å². The monoisotopic (exact) mass is 270 g/mol. The second-order valence-corrected chi connectivity index (χ2v) is 4.19. The first kappa shape index (κ1) is 14.7. The standard InChI is InChI=1S/C11H11F5O2/c1-5-7(2-6(12)3-9(5)13)8(4-10(17)18)11(14,15)16/h2-3,5,7-8H,4H2,1H3,(H,17,18)/t5?,7?,8-/m0/s1. The largest absolute Gasteiger partial charge is 0.481 e. The van der Waals surface area contributed by atoms with Crippen LogP contribution >= 0.6 is 0 Å². The van der Waals surface area contributed by atoms with Gasteiger partial charge in [-0.3, -0.25) is 4.79 Å². The van der Waals surface area contributed by atoms with E-state index in [1.807, 2.05) is 0 Å². The molecule has 0 saturated heterocycles. The molecule has 0 aromatic heterocycles. The Labute approximate surface area is 99.8 Å². The Morgan fingerprint density at radius 2 is 2.00 bits per heavy atom. The van der Waals surface area contributed by atoms with Crippen LogP contribution in [0, 0.1) is 17.8 Å². The summed E-state index contributed by atoms with van der Waals surface area (Å²) in [5.74, 6) is -8.85. The van der Waals surface area contributed by atoms with Crippen LogP contribution in [0.4, 0.5) is 22.0 Å². The molecule has 1 aliphatic rings. The molecule has 0 bridgehead atoms. The highest BCUT2D eigenvalue weighted by atomic mass is 19.4. The van der Waals surface area contributed by atoms with Crippen molar-refractivity contribution in [2.75, 3.05) is 0 Å². The quantitative estimate of drug-likeness (QED) is 0.795. The first-order valence-corrected chi connectivity index (χ1v) is 5.16. The first-order valence-electron chi connectivity index (χ1n) is 5.16. The number of alkyl halides is 3. The summed E-state index contributed by atoms with van der Waals surface area (Å²) in [5.41, 5.74) is 0. The second-order valence-electron chi connectivity index (χ2n) is 4.19. The van der Waals surface area contributed by atoms with Crippen molar-refractivity contribution in [1.29, 1.82) is 0 Å². The van der Waals surface area contributed by atoms with Crippen LogP contribution < -0.4 is 0 Å². The Morgan fingerprint density at radius 1 is 1.44 bits per heavy atom. The molecule has 0 spiro atoms. The van der Waals surface area contributed by atoms with E-state index < -0.39 is 48.0 Å². The predicted molar refractivity (Wildman–Crippen MR) is 52.8 cm³/mol. The molecule has 1 N–H and O–H groups in total.